The zero-order chi connectivity index (χ0) is 15.8. The van der Waals surface area contributed by atoms with Crippen molar-refractivity contribution in [2.45, 2.75) is 11.8 Å². The molecule has 0 fully saturated rings. The minimum absolute atomic E-state index is 0.0341. The zero-order valence-corrected chi connectivity index (χ0v) is 12.4. The van der Waals surface area contributed by atoms with E-state index < -0.39 is 21.7 Å². The number of rotatable bonds is 3. The summed E-state index contributed by atoms with van der Waals surface area (Å²) in [6, 6.07) is 5.37. The first-order valence-corrected chi connectivity index (χ1v) is 7.60. The molecule has 0 aliphatic carbocycles. The minimum atomic E-state index is -4.06. The Labute approximate surface area is 125 Å². The molecule has 0 saturated carbocycles. The Morgan fingerprint density at radius 1 is 1.19 bits per heavy atom. The standard InChI is InChI=1S/C13H11ClF2N2O2S/c1-7-4-9(6-11(17)13(7)16)21(19,20)18-12-5-8(15)2-3-10(12)14/h2-6,18H,17H2,1H3. The summed E-state index contributed by atoms with van der Waals surface area (Å²) in [6.45, 7) is 1.39. The van der Waals surface area contributed by atoms with Crippen molar-refractivity contribution in [3.63, 3.8) is 0 Å². The van der Waals surface area contributed by atoms with E-state index in [0.29, 0.717) is 0 Å². The van der Waals surface area contributed by atoms with Crippen LogP contribution in [0.25, 0.3) is 0 Å². The van der Waals surface area contributed by atoms with E-state index >= 15 is 0 Å². The Balaban J connectivity index is 2.46. The van der Waals surface area contributed by atoms with Gasteiger partial charge in [-0.15, -0.1) is 0 Å². The fourth-order valence-electron chi connectivity index (χ4n) is 1.70. The Kier molecular flexibility index (Phi) is 4.06. The summed E-state index contributed by atoms with van der Waals surface area (Å²) in [7, 11) is -4.06. The Bertz CT molecular complexity index is 787. The van der Waals surface area contributed by atoms with Gasteiger partial charge < -0.3 is 5.73 Å². The molecule has 2 aromatic carbocycles. The summed E-state index contributed by atoms with van der Waals surface area (Å²) in [5, 5.41) is 0.0341. The zero-order valence-electron chi connectivity index (χ0n) is 10.8. The smallest absolute Gasteiger partial charge is 0.262 e. The molecule has 0 unspecified atom stereocenters. The van der Waals surface area contributed by atoms with E-state index in [1.807, 2.05) is 0 Å². The Hall–Kier alpha value is -1.86. The van der Waals surface area contributed by atoms with Gasteiger partial charge in [0, 0.05) is 0 Å². The van der Waals surface area contributed by atoms with E-state index in [4.69, 9.17) is 17.3 Å². The average molecular weight is 333 g/mol. The van der Waals surface area contributed by atoms with Crippen molar-refractivity contribution in [3.05, 3.63) is 52.6 Å². The lowest BCUT2D eigenvalue weighted by Gasteiger charge is -2.11. The van der Waals surface area contributed by atoms with E-state index in [1.165, 1.54) is 13.0 Å². The first-order valence-electron chi connectivity index (χ1n) is 5.74. The van der Waals surface area contributed by atoms with Gasteiger partial charge in [-0.25, -0.2) is 17.2 Å². The van der Waals surface area contributed by atoms with Crippen LogP contribution in [0.4, 0.5) is 20.2 Å². The van der Waals surface area contributed by atoms with Crippen LogP contribution in [0, 0.1) is 18.6 Å². The van der Waals surface area contributed by atoms with E-state index in [2.05, 4.69) is 4.72 Å². The number of anilines is 2. The third-order valence-electron chi connectivity index (χ3n) is 2.74. The van der Waals surface area contributed by atoms with E-state index in [-0.39, 0.29) is 26.9 Å². The van der Waals surface area contributed by atoms with Gasteiger partial charge in [0.2, 0.25) is 0 Å². The predicted molar refractivity (Wildman–Crippen MR) is 77.8 cm³/mol. The number of nitrogens with one attached hydrogen (secondary N) is 1. The lowest BCUT2D eigenvalue weighted by molar-refractivity contribution is 0.599. The van der Waals surface area contributed by atoms with Crippen LogP contribution in [0.2, 0.25) is 5.02 Å². The molecule has 21 heavy (non-hydrogen) atoms. The highest BCUT2D eigenvalue weighted by atomic mass is 35.5. The van der Waals surface area contributed by atoms with Crippen LogP contribution in [-0.4, -0.2) is 8.42 Å². The third kappa shape index (κ3) is 3.25. The van der Waals surface area contributed by atoms with Gasteiger partial charge >= 0.3 is 0 Å². The van der Waals surface area contributed by atoms with Crippen LogP contribution >= 0.6 is 11.6 Å². The number of hydrogen-bond donors (Lipinski definition) is 2. The molecule has 2 aromatic rings. The number of hydrogen-bond acceptors (Lipinski definition) is 3. The van der Waals surface area contributed by atoms with Crippen molar-refractivity contribution in [2.24, 2.45) is 0 Å². The number of aryl methyl sites for hydroxylation is 1. The molecule has 8 heteroatoms. The molecule has 0 saturated heterocycles. The van der Waals surface area contributed by atoms with Gasteiger partial charge in [0.25, 0.3) is 10.0 Å². The van der Waals surface area contributed by atoms with Gasteiger partial charge in [-0.3, -0.25) is 4.72 Å². The quantitative estimate of drug-likeness (QED) is 0.847. The highest BCUT2D eigenvalue weighted by Crippen LogP contribution is 2.27. The van der Waals surface area contributed by atoms with Crippen LogP contribution in [-0.2, 0) is 10.0 Å². The van der Waals surface area contributed by atoms with Crippen molar-refractivity contribution < 1.29 is 17.2 Å². The minimum Gasteiger partial charge on any atom is -0.396 e. The molecule has 0 spiro atoms. The number of benzene rings is 2. The summed E-state index contributed by atoms with van der Waals surface area (Å²) in [5.74, 6) is -1.33. The lowest BCUT2D eigenvalue weighted by atomic mass is 10.2. The molecule has 0 heterocycles. The summed E-state index contributed by atoms with van der Waals surface area (Å²) < 4.78 is 53.1. The van der Waals surface area contributed by atoms with Gasteiger partial charge in [-0.1, -0.05) is 11.6 Å². The molecule has 112 valence electrons. The Morgan fingerprint density at radius 3 is 2.48 bits per heavy atom. The van der Waals surface area contributed by atoms with Crippen molar-refractivity contribution in [1.29, 1.82) is 0 Å². The number of nitrogens with two attached hydrogens (primary N) is 1. The maximum absolute atomic E-state index is 13.4. The maximum Gasteiger partial charge on any atom is 0.262 e. The summed E-state index contributed by atoms with van der Waals surface area (Å²) in [4.78, 5) is -0.237. The van der Waals surface area contributed by atoms with Crippen LogP contribution in [0.15, 0.2) is 35.2 Å². The Morgan fingerprint density at radius 2 is 1.86 bits per heavy atom. The SMILES string of the molecule is Cc1cc(S(=O)(=O)Nc2cc(F)ccc2Cl)cc(N)c1F. The molecule has 0 bridgehead atoms. The van der Waals surface area contributed by atoms with Gasteiger partial charge in [-0.2, -0.15) is 0 Å². The van der Waals surface area contributed by atoms with Crippen LogP contribution in [0.5, 0.6) is 0 Å². The fraction of sp³-hybridized carbons (Fsp3) is 0.0769. The molecule has 2 rings (SSSR count). The number of sulfonamides is 1. The summed E-state index contributed by atoms with van der Waals surface area (Å²) in [5.41, 5.74) is 5.09. The molecular formula is C13H11ClF2N2O2S. The molecular weight excluding hydrogens is 322 g/mol. The second-order valence-electron chi connectivity index (χ2n) is 4.37. The van der Waals surface area contributed by atoms with Crippen LogP contribution in [0.1, 0.15) is 5.56 Å². The van der Waals surface area contributed by atoms with Gasteiger partial charge in [-0.05, 0) is 42.8 Å². The topological polar surface area (TPSA) is 72.2 Å². The normalized spacial score (nSPS) is 11.4. The van der Waals surface area contributed by atoms with E-state index in [1.54, 1.807) is 0 Å². The highest BCUT2D eigenvalue weighted by Gasteiger charge is 2.19. The van der Waals surface area contributed by atoms with Gasteiger partial charge in [0.05, 0.1) is 21.3 Å². The average Bonchev–Trinajstić information content (AvgIpc) is 2.39. The van der Waals surface area contributed by atoms with Crippen molar-refractivity contribution in [1.82, 2.24) is 0 Å². The number of nitrogen functional groups attached to an aromatic ring is 1. The lowest BCUT2D eigenvalue weighted by Crippen LogP contribution is -2.14. The molecule has 0 atom stereocenters. The second-order valence-corrected chi connectivity index (χ2v) is 6.46. The predicted octanol–water partition coefficient (Wildman–Crippen LogP) is 3.31. The first-order chi connectivity index (χ1) is 9.70. The molecule has 0 radical (unpaired) electrons. The van der Waals surface area contributed by atoms with E-state index in [9.17, 15) is 17.2 Å². The summed E-state index contributed by atoms with van der Waals surface area (Å²) in [6.07, 6.45) is 0. The molecule has 0 aliphatic rings. The van der Waals surface area contributed by atoms with Gasteiger partial charge in [0.15, 0.2) is 0 Å². The van der Waals surface area contributed by atoms with Crippen molar-refractivity contribution in [3.8, 4) is 0 Å². The first kappa shape index (κ1) is 15.5. The van der Waals surface area contributed by atoms with Crippen molar-refractivity contribution in [2.75, 3.05) is 10.5 Å². The molecule has 4 nitrogen and oxygen atoms in total. The van der Waals surface area contributed by atoms with Crippen LogP contribution in [0.3, 0.4) is 0 Å². The largest absolute Gasteiger partial charge is 0.396 e. The maximum atomic E-state index is 13.4. The molecule has 0 amide bonds. The summed E-state index contributed by atoms with van der Waals surface area (Å²) >= 11 is 5.80. The number of halogens is 3. The van der Waals surface area contributed by atoms with E-state index in [0.717, 1.165) is 24.3 Å². The second kappa shape index (κ2) is 5.50. The van der Waals surface area contributed by atoms with Crippen molar-refractivity contribution >= 4 is 33.0 Å². The highest BCUT2D eigenvalue weighted by molar-refractivity contribution is 7.92. The molecule has 0 aliphatic heterocycles. The molecule has 3 N–H and O–H groups in total. The fourth-order valence-corrected chi connectivity index (χ4v) is 3.11. The van der Waals surface area contributed by atoms with Gasteiger partial charge in [0.1, 0.15) is 11.6 Å². The third-order valence-corrected chi connectivity index (χ3v) is 4.41. The van der Waals surface area contributed by atoms with Crippen LogP contribution < -0.4 is 10.5 Å². The monoisotopic (exact) mass is 332 g/mol. The molecule has 0 aromatic heterocycles.